The second-order valence-corrected chi connectivity index (χ2v) is 11.8. The Balaban J connectivity index is 2.00. The molecule has 220 valence electrons. The molecule has 0 saturated carbocycles. The number of hydrogen-bond donors (Lipinski definition) is 4. The van der Waals surface area contributed by atoms with Crippen LogP contribution in [0.1, 0.15) is 16.7 Å². The van der Waals surface area contributed by atoms with Crippen molar-refractivity contribution in [2.45, 2.75) is 29.8 Å². The first-order valence-electron chi connectivity index (χ1n) is 11.5. The Labute approximate surface area is 236 Å². The number of alkyl halides is 3. The molecule has 0 saturated heterocycles. The van der Waals surface area contributed by atoms with E-state index in [1.807, 2.05) is 6.92 Å². The monoisotopic (exact) mass is 623 g/mol. The molecule has 12 nitrogen and oxygen atoms in total. The molecule has 5 N–H and O–H groups in total. The molecule has 0 radical (unpaired) electrons. The summed E-state index contributed by atoms with van der Waals surface area (Å²) < 4.78 is 108. The van der Waals surface area contributed by atoms with Gasteiger partial charge in [0.05, 0.1) is 28.0 Å². The van der Waals surface area contributed by atoms with Crippen molar-refractivity contribution in [1.29, 1.82) is 0 Å². The highest BCUT2D eigenvalue weighted by Crippen LogP contribution is 2.48. The van der Waals surface area contributed by atoms with Gasteiger partial charge < -0.3 is 10.8 Å². The minimum absolute atomic E-state index is 0.122. The number of nitrogens with zero attached hydrogens (tertiary/aromatic N) is 4. The van der Waals surface area contributed by atoms with Crippen LogP contribution in [-0.2, 0) is 26.4 Å². The molecule has 0 aliphatic rings. The summed E-state index contributed by atoms with van der Waals surface area (Å²) in [6, 6.07) is 10.8. The van der Waals surface area contributed by atoms with Crippen molar-refractivity contribution in [3.63, 3.8) is 0 Å². The molecular formula is C25H20F3N5O7S2. The van der Waals surface area contributed by atoms with Crippen molar-refractivity contribution in [1.82, 2.24) is 0 Å². The number of anilines is 1. The number of halogens is 3. The number of aryl methyl sites for hydroxylation is 2. The highest BCUT2D eigenvalue weighted by atomic mass is 32.2. The van der Waals surface area contributed by atoms with Crippen LogP contribution in [0.25, 0.3) is 10.8 Å². The van der Waals surface area contributed by atoms with Crippen molar-refractivity contribution in [2.24, 2.45) is 20.5 Å². The van der Waals surface area contributed by atoms with Crippen molar-refractivity contribution in [3.8, 4) is 5.75 Å². The van der Waals surface area contributed by atoms with E-state index < -0.39 is 75.4 Å². The van der Waals surface area contributed by atoms with Crippen LogP contribution in [0.2, 0.25) is 0 Å². The first kappa shape index (κ1) is 30.5. The standard InChI is InChI=1S/C25H20F3N5O7S2/c1-12-3-6-15(7-4-12)30-32-22-18(41(35,36)37)9-14-10-19(42(38,39)40)23(24(34)20(14)21(22)29)33-31-16-8-5-13(2)17(11-16)25(26,27)28/h3-11,34H,29H2,1-2H3,(H,35,36,37)(H,38,39,40). The third-order valence-corrected chi connectivity index (χ3v) is 7.70. The molecule has 42 heavy (non-hydrogen) atoms. The summed E-state index contributed by atoms with van der Waals surface area (Å²) in [5, 5.41) is 25.1. The predicted octanol–water partition coefficient (Wildman–Crippen LogP) is 7.09. The summed E-state index contributed by atoms with van der Waals surface area (Å²) in [7, 11) is -10.3. The maximum Gasteiger partial charge on any atom is 0.416 e. The van der Waals surface area contributed by atoms with Crippen LogP contribution in [0.3, 0.4) is 0 Å². The Bertz CT molecular complexity index is 2010. The molecule has 0 aliphatic heterocycles. The highest BCUT2D eigenvalue weighted by molar-refractivity contribution is 7.86. The molecular weight excluding hydrogens is 603 g/mol. The van der Waals surface area contributed by atoms with E-state index >= 15 is 0 Å². The molecule has 4 aromatic carbocycles. The topological polar surface area (TPSA) is 204 Å². The fourth-order valence-corrected chi connectivity index (χ4v) is 5.24. The number of nitrogen functional groups attached to an aromatic ring is 1. The van der Waals surface area contributed by atoms with Crippen molar-refractivity contribution in [2.75, 3.05) is 5.73 Å². The van der Waals surface area contributed by atoms with E-state index in [0.29, 0.717) is 12.1 Å². The Hall–Kier alpha value is -4.45. The number of nitrogens with two attached hydrogens (primary N) is 1. The molecule has 0 aromatic heterocycles. The molecule has 0 fully saturated rings. The second-order valence-electron chi connectivity index (χ2n) is 8.99. The zero-order valence-corrected chi connectivity index (χ0v) is 23.1. The van der Waals surface area contributed by atoms with Gasteiger partial charge in [-0.1, -0.05) is 23.8 Å². The van der Waals surface area contributed by atoms with Gasteiger partial charge in [-0.3, -0.25) is 9.11 Å². The molecule has 0 heterocycles. The van der Waals surface area contributed by atoms with Gasteiger partial charge in [0.15, 0.2) is 5.75 Å². The van der Waals surface area contributed by atoms with Crippen LogP contribution in [0.5, 0.6) is 5.75 Å². The molecule has 4 aromatic rings. The largest absolute Gasteiger partial charge is 0.505 e. The van der Waals surface area contributed by atoms with Crippen LogP contribution in [0, 0.1) is 13.8 Å². The lowest BCUT2D eigenvalue weighted by molar-refractivity contribution is -0.138. The van der Waals surface area contributed by atoms with E-state index in [1.54, 1.807) is 24.3 Å². The van der Waals surface area contributed by atoms with Gasteiger partial charge in [0, 0.05) is 0 Å². The van der Waals surface area contributed by atoms with Gasteiger partial charge in [-0.15, -0.1) is 10.2 Å². The number of phenolic OH excluding ortho intramolecular Hbond substituents is 1. The fraction of sp³-hybridized carbons (Fsp3) is 0.120. The zero-order chi connectivity index (χ0) is 31.2. The normalized spacial score (nSPS) is 13.0. The molecule has 17 heteroatoms. The van der Waals surface area contributed by atoms with Gasteiger partial charge in [0.1, 0.15) is 21.2 Å². The Morgan fingerprint density at radius 3 is 1.79 bits per heavy atom. The lowest BCUT2D eigenvalue weighted by atomic mass is 10.1. The van der Waals surface area contributed by atoms with E-state index in [1.165, 1.54) is 6.92 Å². The zero-order valence-electron chi connectivity index (χ0n) is 21.5. The molecule has 4 rings (SSSR count). The number of hydrogen-bond acceptors (Lipinski definition) is 10. The first-order valence-corrected chi connectivity index (χ1v) is 14.4. The van der Waals surface area contributed by atoms with E-state index in [2.05, 4.69) is 20.5 Å². The van der Waals surface area contributed by atoms with Crippen molar-refractivity contribution < 1.29 is 44.2 Å². The fourth-order valence-electron chi connectivity index (χ4n) is 3.91. The average Bonchev–Trinajstić information content (AvgIpc) is 2.87. The maximum atomic E-state index is 13.3. The number of azo groups is 2. The summed E-state index contributed by atoms with van der Waals surface area (Å²) in [4.78, 5) is -1.99. The number of phenols is 1. The van der Waals surface area contributed by atoms with Crippen LogP contribution in [0.4, 0.5) is 41.6 Å². The predicted molar refractivity (Wildman–Crippen MR) is 145 cm³/mol. The maximum absolute atomic E-state index is 13.3. The van der Waals surface area contributed by atoms with Crippen LogP contribution < -0.4 is 5.73 Å². The van der Waals surface area contributed by atoms with Gasteiger partial charge in [-0.25, -0.2) is 0 Å². The average molecular weight is 624 g/mol. The Kier molecular flexibility index (Phi) is 7.81. The van der Waals surface area contributed by atoms with E-state index in [0.717, 1.165) is 23.8 Å². The van der Waals surface area contributed by atoms with E-state index in [4.69, 9.17) is 5.73 Å². The number of benzene rings is 4. The summed E-state index contributed by atoms with van der Waals surface area (Å²) in [5.74, 6) is -1.04. The minimum atomic E-state index is -5.20. The SMILES string of the molecule is Cc1ccc(N=Nc2c(S(=O)(=O)O)cc3cc(S(=O)(=O)O)c(N=Nc4ccc(C)c(C(F)(F)F)c4)c(O)c3c2N)cc1. The molecule has 0 unspecified atom stereocenters. The molecule has 0 aliphatic carbocycles. The summed E-state index contributed by atoms with van der Waals surface area (Å²) >= 11 is 0. The molecule has 0 spiro atoms. The van der Waals surface area contributed by atoms with Crippen LogP contribution >= 0.6 is 0 Å². The second kappa shape index (κ2) is 10.8. The first-order chi connectivity index (χ1) is 19.4. The highest BCUT2D eigenvalue weighted by Gasteiger charge is 2.33. The van der Waals surface area contributed by atoms with E-state index in [-0.39, 0.29) is 16.9 Å². The number of aromatic hydroxyl groups is 1. The number of fused-ring (bicyclic) bond motifs is 1. The van der Waals surface area contributed by atoms with Crippen molar-refractivity contribution in [3.05, 3.63) is 71.3 Å². The molecule has 0 bridgehead atoms. The molecule has 0 amide bonds. The van der Waals surface area contributed by atoms with Gasteiger partial charge in [-0.05, 0) is 61.2 Å². The Morgan fingerprint density at radius 1 is 0.738 bits per heavy atom. The van der Waals surface area contributed by atoms with E-state index in [9.17, 15) is 44.2 Å². The lowest BCUT2D eigenvalue weighted by Gasteiger charge is -2.14. The third-order valence-electron chi connectivity index (χ3n) is 5.96. The molecule has 0 atom stereocenters. The lowest BCUT2D eigenvalue weighted by Crippen LogP contribution is -2.06. The quantitative estimate of drug-likeness (QED) is 0.0989. The van der Waals surface area contributed by atoms with Crippen molar-refractivity contribution >= 4 is 59.4 Å². The third kappa shape index (κ3) is 6.23. The Morgan fingerprint density at radius 2 is 1.24 bits per heavy atom. The summed E-state index contributed by atoms with van der Waals surface area (Å²) in [6.45, 7) is 3.03. The van der Waals surface area contributed by atoms with Gasteiger partial charge in [0.2, 0.25) is 0 Å². The van der Waals surface area contributed by atoms with Gasteiger partial charge in [0.25, 0.3) is 20.2 Å². The van der Waals surface area contributed by atoms with Gasteiger partial charge in [-0.2, -0.15) is 40.2 Å². The van der Waals surface area contributed by atoms with Gasteiger partial charge >= 0.3 is 6.18 Å². The minimum Gasteiger partial charge on any atom is -0.505 e. The number of rotatable bonds is 6. The summed E-state index contributed by atoms with van der Waals surface area (Å²) in [5.41, 5.74) is 3.59. The van der Waals surface area contributed by atoms with Crippen LogP contribution in [0.15, 0.2) is 84.8 Å². The smallest absolute Gasteiger partial charge is 0.416 e. The summed E-state index contributed by atoms with van der Waals surface area (Å²) in [6.07, 6.45) is -4.73. The van der Waals surface area contributed by atoms with Crippen LogP contribution in [-0.4, -0.2) is 31.0 Å².